The highest BCUT2D eigenvalue weighted by Gasteiger charge is 2.20. The highest BCUT2D eigenvalue weighted by atomic mass is 16.5. The molecule has 23 heavy (non-hydrogen) atoms. The SMILES string of the molecule is NC(=NCCC1CCCCO1)N1CCN(c2ncccn2)CC1. The first-order chi connectivity index (χ1) is 11.3. The third-order valence-electron chi connectivity index (χ3n) is 4.44. The van der Waals surface area contributed by atoms with E-state index in [1.54, 1.807) is 12.4 Å². The van der Waals surface area contributed by atoms with Crippen LogP contribution in [0.1, 0.15) is 25.7 Å². The van der Waals surface area contributed by atoms with Crippen molar-refractivity contribution in [1.29, 1.82) is 0 Å². The molecule has 0 saturated carbocycles. The van der Waals surface area contributed by atoms with E-state index in [9.17, 15) is 0 Å². The van der Waals surface area contributed by atoms with Crippen molar-refractivity contribution in [3.63, 3.8) is 0 Å². The molecule has 1 aromatic heterocycles. The van der Waals surface area contributed by atoms with Crippen LogP contribution in [0.4, 0.5) is 5.95 Å². The summed E-state index contributed by atoms with van der Waals surface area (Å²) in [5.41, 5.74) is 6.13. The van der Waals surface area contributed by atoms with Crippen LogP contribution in [-0.4, -0.2) is 66.3 Å². The van der Waals surface area contributed by atoms with Crippen LogP contribution in [0.5, 0.6) is 0 Å². The van der Waals surface area contributed by atoms with Crippen LogP contribution in [0.2, 0.25) is 0 Å². The average Bonchev–Trinajstić information content (AvgIpc) is 2.63. The number of aromatic nitrogens is 2. The Hall–Kier alpha value is -1.89. The third kappa shape index (κ3) is 4.54. The number of ether oxygens (including phenoxy) is 1. The summed E-state index contributed by atoms with van der Waals surface area (Å²) in [6, 6.07) is 1.83. The lowest BCUT2D eigenvalue weighted by molar-refractivity contribution is 0.0129. The molecule has 0 aromatic carbocycles. The maximum Gasteiger partial charge on any atom is 0.225 e. The zero-order valence-electron chi connectivity index (χ0n) is 13.6. The van der Waals surface area contributed by atoms with Crippen molar-refractivity contribution in [3.05, 3.63) is 18.5 Å². The van der Waals surface area contributed by atoms with Gasteiger partial charge < -0.3 is 20.3 Å². The highest BCUT2D eigenvalue weighted by molar-refractivity contribution is 5.78. The zero-order valence-corrected chi connectivity index (χ0v) is 13.6. The van der Waals surface area contributed by atoms with Crippen LogP contribution in [-0.2, 0) is 4.74 Å². The monoisotopic (exact) mass is 318 g/mol. The molecule has 0 spiro atoms. The van der Waals surface area contributed by atoms with Crippen molar-refractivity contribution in [2.75, 3.05) is 44.2 Å². The van der Waals surface area contributed by atoms with Gasteiger partial charge in [0.25, 0.3) is 0 Å². The predicted octanol–water partition coefficient (Wildman–Crippen LogP) is 0.873. The summed E-state index contributed by atoms with van der Waals surface area (Å²) in [7, 11) is 0. The summed E-state index contributed by atoms with van der Waals surface area (Å²) in [4.78, 5) is 17.4. The molecule has 1 unspecified atom stereocenters. The van der Waals surface area contributed by atoms with Crippen molar-refractivity contribution in [3.8, 4) is 0 Å². The topological polar surface area (TPSA) is 79.9 Å². The van der Waals surface area contributed by atoms with Gasteiger partial charge in [-0.15, -0.1) is 0 Å². The van der Waals surface area contributed by atoms with E-state index in [-0.39, 0.29) is 0 Å². The molecule has 7 heteroatoms. The second-order valence-corrected chi connectivity index (χ2v) is 6.04. The van der Waals surface area contributed by atoms with Crippen molar-refractivity contribution in [2.45, 2.75) is 31.8 Å². The summed E-state index contributed by atoms with van der Waals surface area (Å²) in [6.45, 7) is 5.09. The van der Waals surface area contributed by atoms with Crippen LogP contribution < -0.4 is 10.6 Å². The number of aliphatic imine (C=N–C) groups is 1. The van der Waals surface area contributed by atoms with Gasteiger partial charge in [-0.2, -0.15) is 0 Å². The quantitative estimate of drug-likeness (QED) is 0.655. The van der Waals surface area contributed by atoms with E-state index >= 15 is 0 Å². The number of rotatable bonds is 4. The normalized spacial score (nSPS) is 23.1. The summed E-state index contributed by atoms with van der Waals surface area (Å²) in [6.07, 6.45) is 8.51. The Bertz CT molecular complexity index is 495. The number of nitrogens with two attached hydrogens (primary N) is 1. The second-order valence-electron chi connectivity index (χ2n) is 6.04. The van der Waals surface area contributed by atoms with Crippen LogP contribution in [0.25, 0.3) is 0 Å². The molecular formula is C16H26N6O. The van der Waals surface area contributed by atoms with Gasteiger partial charge in [0.2, 0.25) is 5.95 Å². The Morgan fingerprint density at radius 1 is 1.22 bits per heavy atom. The second kappa shape index (κ2) is 8.10. The molecule has 2 fully saturated rings. The van der Waals surface area contributed by atoms with E-state index in [1.807, 2.05) is 6.07 Å². The summed E-state index contributed by atoms with van der Waals surface area (Å²) < 4.78 is 5.72. The van der Waals surface area contributed by atoms with Gasteiger partial charge >= 0.3 is 0 Å². The Kier molecular flexibility index (Phi) is 5.63. The van der Waals surface area contributed by atoms with Crippen molar-refractivity contribution in [2.24, 2.45) is 10.7 Å². The van der Waals surface area contributed by atoms with Crippen LogP contribution >= 0.6 is 0 Å². The Labute approximate surface area is 137 Å². The Morgan fingerprint density at radius 3 is 2.70 bits per heavy atom. The minimum atomic E-state index is 0.368. The van der Waals surface area contributed by atoms with E-state index in [4.69, 9.17) is 10.5 Å². The number of piperazine rings is 1. The minimum absolute atomic E-state index is 0.368. The molecule has 3 rings (SSSR count). The molecule has 7 nitrogen and oxygen atoms in total. The Morgan fingerprint density at radius 2 is 2.00 bits per heavy atom. The molecule has 0 amide bonds. The standard InChI is InChI=1S/C16H26N6O/c17-15(18-8-5-14-4-1-2-13-23-14)21-9-11-22(12-10-21)16-19-6-3-7-20-16/h3,6-7,14H,1-2,4-5,8-13H2,(H2,17,18). The zero-order chi connectivity index (χ0) is 15.9. The fourth-order valence-corrected chi connectivity index (χ4v) is 3.05. The fourth-order valence-electron chi connectivity index (χ4n) is 3.05. The molecule has 2 aliphatic rings. The van der Waals surface area contributed by atoms with E-state index in [1.165, 1.54) is 12.8 Å². The molecule has 0 bridgehead atoms. The lowest BCUT2D eigenvalue weighted by atomic mass is 10.1. The van der Waals surface area contributed by atoms with Gasteiger partial charge in [-0.3, -0.25) is 4.99 Å². The van der Waals surface area contributed by atoms with Gasteiger partial charge in [0.1, 0.15) is 0 Å². The van der Waals surface area contributed by atoms with Crippen molar-refractivity contribution < 1.29 is 4.74 Å². The largest absolute Gasteiger partial charge is 0.378 e. The smallest absolute Gasteiger partial charge is 0.225 e. The van der Waals surface area contributed by atoms with E-state index in [2.05, 4.69) is 24.8 Å². The molecule has 1 atom stereocenters. The molecule has 3 heterocycles. The first-order valence-corrected chi connectivity index (χ1v) is 8.51. The first kappa shape index (κ1) is 16.0. The fraction of sp³-hybridized carbons (Fsp3) is 0.688. The lowest BCUT2D eigenvalue weighted by Gasteiger charge is -2.35. The van der Waals surface area contributed by atoms with E-state index in [0.29, 0.717) is 12.1 Å². The van der Waals surface area contributed by atoms with Crippen LogP contribution in [0, 0.1) is 0 Å². The van der Waals surface area contributed by atoms with Gasteiger partial charge in [0, 0.05) is 51.7 Å². The average molecular weight is 318 g/mol. The maximum absolute atomic E-state index is 6.13. The summed E-state index contributed by atoms with van der Waals surface area (Å²) >= 11 is 0. The summed E-state index contributed by atoms with van der Waals surface area (Å²) in [5, 5.41) is 0. The molecule has 126 valence electrons. The molecule has 0 radical (unpaired) electrons. The summed E-state index contributed by atoms with van der Waals surface area (Å²) in [5.74, 6) is 1.44. The number of anilines is 1. The van der Waals surface area contributed by atoms with E-state index < -0.39 is 0 Å². The van der Waals surface area contributed by atoms with Crippen LogP contribution in [0.15, 0.2) is 23.5 Å². The molecule has 2 N–H and O–H groups in total. The maximum atomic E-state index is 6.13. The Balaban J connectivity index is 1.42. The van der Waals surface area contributed by atoms with Gasteiger partial charge in [0.05, 0.1) is 6.10 Å². The third-order valence-corrected chi connectivity index (χ3v) is 4.44. The van der Waals surface area contributed by atoms with Crippen LogP contribution in [0.3, 0.4) is 0 Å². The van der Waals surface area contributed by atoms with Crippen molar-refractivity contribution >= 4 is 11.9 Å². The van der Waals surface area contributed by atoms with Gasteiger partial charge in [-0.1, -0.05) is 0 Å². The molecule has 2 saturated heterocycles. The van der Waals surface area contributed by atoms with Gasteiger partial charge in [-0.05, 0) is 31.7 Å². The predicted molar refractivity (Wildman–Crippen MR) is 90.5 cm³/mol. The first-order valence-electron chi connectivity index (χ1n) is 8.51. The lowest BCUT2D eigenvalue weighted by Crippen LogP contribution is -2.51. The van der Waals surface area contributed by atoms with Gasteiger partial charge in [-0.25, -0.2) is 9.97 Å². The molecule has 0 aliphatic carbocycles. The van der Waals surface area contributed by atoms with Crippen molar-refractivity contribution in [1.82, 2.24) is 14.9 Å². The van der Waals surface area contributed by atoms with Gasteiger partial charge in [0.15, 0.2) is 5.96 Å². The number of guanidine groups is 1. The molecule has 2 aliphatic heterocycles. The number of hydrogen-bond donors (Lipinski definition) is 1. The number of nitrogens with zero attached hydrogens (tertiary/aromatic N) is 5. The minimum Gasteiger partial charge on any atom is -0.378 e. The highest BCUT2D eigenvalue weighted by Crippen LogP contribution is 2.15. The number of hydrogen-bond acceptors (Lipinski definition) is 5. The molecule has 1 aromatic rings. The van der Waals surface area contributed by atoms with E-state index in [0.717, 1.165) is 58.1 Å². The molecular weight excluding hydrogens is 292 g/mol.